The number of Topliss-reactive ketones (excluding diaryl/α,β-unsaturated/α-hetero) is 1. The number of hydrogen-bond donors (Lipinski definition) is 2. The first-order valence-corrected chi connectivity index (χ1v) is 11.7. The van der Waals surface area contributed by atoms with Gasteiger partial charge in [0, 0.05) is 18.8 Å². The minimum Gasteiger partial charge on any atom is -0.550 e. The van der Waals surface area contributed by atoms with Gasteiger partial charge in [-0.05, 0) is 91.3 Å². The number of carboxylic acids is 1. The normalized spacial score (nSPS) is 48.7. The standard InChI is InChI=1S/C24H38O5.Na/c1-13(4-7-21(28)29)16-5-6-17-22-18(12-20(27)24(16,17)3)23(2)9-8-15(25)10-14(23)11-19(22)26;/h13-14,16-20,22,26-27H,4-12H2,1-3H3,(H,28,29);/q;+1/p-1/t13-,14?,16-,17?,18?,19?,20?,22?,23+,24-;/m1./s1. The summed E-state index contributed by atoms with van der Waals surface area (Å²) in [7, 11) is 0. The van der Waals surface area contributed by atoms with Gasteiger partial charge in [-0.25, -0.2) is 0 Å². The van der Waals surface area contributed by atoms with Gasteiger partial charge in [0.25, 0.3) is 0 Å². The van der Waals surface area contributed by atoms with Crippen LogP contribution >= 0.6 is 0 Å². The zero-order chi connectivity index (χ0) is 21.1. The molecule has 4 saturated carbocycles. The van der Waals surface area contributed by atoms with E-state index in [4.69, 9.17) is 0 Å². The fraction of sp³-hybridized carbons (Fsp3) is 0.917. The van der Waals surface area contributed by atoms with Crippen molar-refractivity contribution >= 4 is 11.8 Å². The van der Waals surface area contributed by atoms with Crippen LogP contribution < -0.4 is 34.7 Å². The van der Waals surface area contributed by atoms with Crippen LogP contribution in [0.3, 0.4) is 0 Å². The van der Waals surface area contributed by atoms with E-state index in [-0.39, 0.29) is 82.3 Å². The molecule has 5 nitrogen and oxygen atoms in total. The van der Waals surface area contributed by atoms with Gasteiger partial charge >= 0.3 is 29.6 Å². The van der Waals surface area contributed by atoms with Crippen molar-refractivity contribution in [2.75, 3.05) is 0 Å². The summed E-state index contributed by atoms with van der Waals surface area (Å²) in [6, 6.07) is 0. The second-order valence-corrected chi connectivity index (χ2v) is 11.2. The van der Waals surface area contributed by atoms with Crippen molar-refractivity contribution in [1.29, 1.82) is 0 Å². The van der Waals surface area contributed by atoms with Gasteiger partial charge in [-0.3, -0.25) is 4.79 Å². The molecule has 10 atom stereocenters. The molecule has 4 fully saturated rings. The number of carbonyl (C=O) groups is 2. The van der Waals surface area contributed by atoms with Crippen LogP contribution in [0.1, 0.15) is 78.6 Å². The molecule has 2 N–H and O–H groups in total. The SMILES string of the molecule is C[C@H](CCC(=O)[O-])[C@H]1CCC2C3C(O)CC4CC(=O)CC[C@]4(C)C3CC(O)[C@@]21C.[Na+]. The molecule has 0 amide bonds. The molecule has 164 valence electrons. The smallest absolute Gasteiger partial charge is 0.550 e. The van der Waals surface area contributed by atoms with Gasteiger partial charge in [0.2, 0.25) is 0 Å². The molecule has 4 rings (SSSR count). The zero-order valence-corrected chi connectivity index (χ0v) is 21.1. The van der Waals surface area contributed by atoms with E-state index in [1.165, 1.54) is 0 Å². The van der Waals surface area contributed by atoms with Crippen molar-refractivity contribution in [2.45, 2.75) is 90.8 Å². The van der Waals surface area contributed by atoms with Crippen LogP contribution in [0.15, 0.2) is 0 Å². The molecule has 0 radical (unpaired) electrons. The fourth-order valence-electron chi connectivity index (χ4n) is 8.49. The van der Waals surface area contributed by atoms with E-state index >= 15 is 0 Å². The Balaban J connectivity index is 0.00000256. The summed E-state index contributed by atoms with van der Waals surface area (Å²) in [6.45, 7) is 6.61. The summed E-state index contributed by atoms with van der Waals surface area (Å²) in [5.41, 5.74) is -0.250. The molecule has 6 unspecified atom stereocenters. The maximum absolute atomic E-state index is 12.1. The van der Waals surface area contributed by atoms with Gasteiger partial charge < -0.3 is 20.1 Å². The predicted molar refractivity (Wildman–Crippen MR) is 106 cm³/mol. The summed E-state index contributed by atoms with van der Waals surface area (Å²) >= 11 is 0. The largest absolute Gasteiger partial charge is 1.00 e. The van der Waals surface area contributed by atoms with Crippen molar-refractivity contribution in [3.63, 3.8) is 0 Å². The molecule has 0 saturated heterocycles. The topological polar surface area (TPSA) is 97.7 Å². The maximum Gasteiger partial charge on any atom is 1.00 e. The predicted octanol–water partition coefficient (Wildman–Crippen LogP) is -0.674. The van der Waals surface area contributed by atoms with Crippen molar-refractivity contribution in [3.8, 4) is 0 Å². The van der Waals surface area contributed by atoms with Crippen molar-refractivity contribution in [1.82, 2.24) is 0 Å². The van der Waals surface area contributed by atoms with E-state index in [1.807, 2.05) is 0 Å². The Bertz CT molecular complexity index is 683. The number of aliphatic hydroxyl groups excluding tert-OH is 2. The maximum atomic E-state index is 12.1. The summed E-state index contributed by atoms with van der Waals surface area (Å²) in [5, 5.41) is 33.6. The molecule has 0 bridgehead atoms. The van der Waals surface area contributed by atoms with Gasteiger partial charge in [-0.2, -0.15) is 0 Å². The third-order valence-electron chi connectivity index (χ3n) is 10.2. The number of rotatable bonds is 4. The average Bonchev–Trinajstić information content (AvgIpc) is 3.01. The second kappa shape index (κ2) is 8.78. The Morgan fingerprint density at radius 2 is 1.90 bits per heavy atom. The molecule has 0 heterocycles. The minimum absolute atomic E-state index is 0. The number of aliphatic hydroxyl groups is 2. The summed E-state index contributed by atoms with van der Waals surface area (Å²) in [6.07, 6.45) is 5.28. The molecule has 0 aromatic heterocycles. The van der Waals surface area contributed by atoms with Crippen molar-refractivity contribution in [3.05, 3.63) is 0 Å². The number of carboxylic acid groups (broad SMARTS) is 1. The average molecular weight is 429 g/mol. The Labute approximate surface area is 202 Å². The number of fused-ring (bicyclic) bond motifs is 5. The van der Waals surface area contributed by atoms with Crippen LogP contribution in [-0.2, 0) is 9.59 Å². The molecule has 30 heavy (non-hydrogen) atoms. The molecular formula is C24H37NaO5. The van der Waals surface area contributed by atoms with E-state index in [2.05, 4.69) is 20.8 Å². The number of hydrogen-bond acceptors (Lipinski definition) is 5. The monoisotopic (exact) mass is 428 g/mol. The summed E-state index contributed by atoms with van der Waals surface area (Å²) in [4.78, 5) is 23.0. The van der Waals surface area contributed by atoms with Gasteiger partial charge in [-0.1, -0.05) is 20.8 Å². The van der Waals surface area contributed by atoms with Crippen molar-refractivity contribution < 1.29 is 54.5 Å². The summed E-state index contributed by atoms with van der Waals surface area (Å²) < 4.78 is 0. The number of ketones is 1. The minimum atomic E-state index is -1.01. The van der Waals surface area contributed by atoms with Crippen LogP contribution in [0.4, 0.5) is 0 Å². The number of carbonyl (C=O) groups excluding carboxylic acids is 2. The third kappa shape index (κ3) is 3.75. The van der Waals surface area contributed by atoms with Crippen LogP contribution in [-0.4, -0.2) is 34.2 Å². The quantitative estimate of drug-likeness (QED) is 0.579. The fourth-order valence-corrected chi connectivity index (χ4v) is 8.49. The Kier molecular flexibility index (Phi) is 7.23. The van der Waals surface area contributed by atoms with Crippen LogP contribution in [0.2, 0.25) is 0 Å². The molecular weight excluding hydrogens is 391 g/mol. The van der Waals surface area contributed by atoms with Crippen LogP contribution in [0, 0.1) is 46.3 Å². The van der Waals surface area contributed by atoms with E-state index in [9.17, 15) is 24.9 Å². The van der Waals surface area contributed by atoms with Gasteiger partial charge in [-0.15, -0.1) is 0 Å². The first-order chi connectivity index (χ1) is 13.6. The first-order valence-electron chi connectivity index (χ1n) is 11.7. The van der Waals surface area contributed by atoms with Gasteiger partial charge in [0.15, 0.2) is 0 Å². The van der Waals surface area contributed by atoms with Crippen LogP contribution in [0.25, 0.3) is 0 Å². The molecule has 0 aromatic rings. The third-order valence-corrected chi connectivity index (χ3v) is 10.2. The van der Waals surface area contributed by atoms with E-state index in [0.717, 1.165) is 19.3 Å². The van der Waals surface area contributed by atoms with Crippen LogP contribution in [0.5, 0.6) is 0 Å². The van der Waals surface area contributed by atoms with E-state index in [0.29, 0.717) is 37.9 Å². The molecule has 0 spiro atoms. The zero-order valence-electron chi connectivity index (χ0n) is 19.1. The Morgan fingerprint density at radius 1 is 1.20 bits per heavy atom. The Hall–Kier alpha value is 0.0600. The molecule has 0 aliphatic heterocycles. The van der Waals surface area contributed by atoms with E-state index in [1.54, 1.807) is 0 Å². The Morgan fingerprint density at radius 3 is 2.57 bits per heavy atom. The van der Waals surface area contributed by atoms with Crippen molar-refractivity contribution in [2.24, 2.45) is 46.3 Å². The molecule has 6 heteroatoms. The van der Waals surface area contributed by atoms with E-state index < -0.39 is 18.2 Å². The second-order valence-electron chi connectivity index (χ2n) is 11.2. The van der Waals surface area contributed by atoms with Gasteiger partial charge in [0.1, 0.15) is 5.78 Å². The first kappa shape index (κ1) is 24.7. The van der Waals surface area contributed by atoms with Gasteiger partial charge in [0.05, 0.1) is 12.2 Å². The molecule has 0 aromatic carbocycles. The molecule has 4 aliphatic carbocycles. The number of aliphatic carboxylic acids is 1. The molecule has 4 aliphatic rings. The summed E-state index contributed by atoms with van der Waals surface area (Å²) in [5.74, 6) is 0.731.